The van der Waals surface area contributed by atoms with Gasteiger partial charge in [0.2, 0.25) is 0 Å². The number of nitrogens with two attached hydrogens (primary N) is 1. The second-order valence-corrected chi connectivity index (χ2v) is 3.08. The van der Waals surface area contributed by atoms with Crippen LogP contribution in [0.2, 0.25) is 0 Å². The van der Waals surface area contributed by atoms with Gasteiger partial charge >= 0.3 is 0 Å². The largest absolute Gasteiger partial charge is 0.496 e. The normalized spacial score (nSPS) is 13.0. The van der Waals surface area contributed by atoms with Crippen molar-refractivity contribution >= 4 is 12.7 Å². The number of allylic oxidation sites excluding steroid dienone is 1. The molecule has 1 aromatic rings. The number of ether oxygens (including phenoxy) is 1. The zero-order chi connectivity index (χ0) is 10.6. The van der Waals surface area contributed by atoms with Gasteiger partial charge in [-0.05, 0) is 36.1 Å². The Morgan fingerprint density at radius 1 is 1.50 bits per heavy atom. The lowest BCUT2D eigenvalue weighted by Crippen LogP contribution is -2.24. The van der Waals surface area contributed by atoms with Crippen LogP contribution in [0.3, 0.4) is 0 Å². The van der Waals surface area contributed by atoms with Crippen molar-refractivity contribution in [3.8, 4) is 5.75 Å². The second-order valence-electron chi connectivity index (χ2n) is 3.08. The van der Waals surface area contributed by atoms with Gasteiger partial charge in [-0.1, -0.05) is 18.7 Å². The minimum absolute atomic E-state index is 0.795. The van der Waals surface area contributed by atoms with E-state index >= 15 is 0 Å². The van der Waals surface area contributed by atoms with Crippen LogP contribution in [0.1, 0.15) is 6.92 Å². The van der Waals surface area contributed by atoms with Crippen molar-refractivity contribution in [2.75, 3.05) is 7.11 Å². The summed E-state index contributed by atoms with van der Waals surface area (Å²) < 4.78 is 5.17. The molecule has 74 valence electrons. The van der Waals surface area contributed by atoms with Gasteiger partial charge in [-0.2, -0.15) is 0 Å². The summed E-state index contributed by atoms with van der Waals surface area (Å²) in [7, 11) is 1.64. The second kappa shape index (κ2) is 4.51. The zero-order valence-electron chi connectivity index (χ0n) is 8.58. The van der Waals surface area contributed by atoms with Crippen LogP contribution in [0.5, 0.6) is 5.75 Å². The fourth-order valence-electron chi connectivity index (χ4n) is 1.20. The zero-order valence-corrected chi connectivity index (χ0v) is 8.58. The summed E-state index contributed by atoms with van der Waals surface area (Å²) in [4.78, 5) is 0. The van der Waals surface area contributed by atoms with Gasteiger partial charge in [0, 0.05) is 5.22 Å². The highest BCUT2D eigenvalue weighted by molar-refractivity contribution is 5.46. The maximum atomic E-state index is 5.40. The van der Waals surface area contributed by atoms with Gasteiger partial charge in [-0.25, -0.2) is 0 Å². The molecule has 0 heterocycles. The summed E-state index contributed by atoms with van der Waals surface area (Å²) in [5, 5.41) is 1.92. The van der Waals surface area contributed by atoms with Gasteiger partial charge in [0.15, 0.2) is 0 Å². The smallest absolute Gasteiger partial charge is 0.126 e. The van der Waals surface area contributed by atoms with Crippen LogP contribution in [0.4, 0.5) is 0 Å². The first kappa shape index (κ1) is 10.4. The molecule has 1 aromatic carbocycles. The van der Waals surface area contributed by atoms with Crippen molar-refractivity contribution in [3.05, 3.63) is 40.4 Å². The molecule has 0 aromatic heterocycles. The molecule has 0 aliphatic heterocycles. The minimum atomic E-state index is 0.795. The molecule has 0 fully saturated rings. The molecule has 0 aliphatic rings. The van der Waals surface area contributed by atoms with Crippen LogP contribution in [0.15, 0.2) is 30.0 Å². The molecule has 2 N–H and O–H groups in total. The molecule has 2 heteroatoms. The average Bonchev–Trinajstić information content (AvgIpc) is 2.21. The van der Waals surface area contributed by atoms with Gasteiger partial charge < -0.3 is 10.5 Å². The third-order valence-corrected chi connectivity index (χ3v) is 2.04. The number of hydrogen-bond donors (Lipinski definition) is 1. The number of rotatable bonds is 2. The maximum Gasteiger partial charge on any atom is 0.126 e. The van der Waals surface area contributed by atoms with Crippen molar-refractivity contribution in [2.45, 2.75) is 6.92 Å². The molecule has 0 unspecified atom stereocenters. The molecule has 0 aliphatic carbocycles. The highest BCUT2D eigenvalue weighted by Gasteiger charge is 1.92. The Kier molecular flexibility index (Phi) is 3.35. The molecule has 0 bridgehead atoms. The van der Waals surface area contributed by atoms with E-state index in [2.05, 4.69) is 6.58 Å². The fraction of sp³-hybridized carbons (Fsp3) is 0.167. The fourth-order valence-corrected chi connectivity index (χ4v) is 1.20. The first-order valence-electron chi connectivity index (χ1n) is 4.41. The summed E-state index contributed by atoms with van der Waals surface area (Å²) in [6, 6.07) is 5.81. The van der Waals surface area contributed by atoms with E-state index in [9.17, 15) is 0 Å². The molecule has 0 atom stereocenters. The topological polar surface area (TPSA) is 35.2 Å². The standard InChI is InChI=1S/C12H15NO/c1-9(8-13)7-11-5-4-6-12(14-3)10(11)2/h4-8H,2,13H2,1,3H3/b9-8-,11-7-. The van der Waals surface area contributed by atoms with Gasteiger partial charge in [0.1, 0.15) is 5.75 Å². The van der Waals surface area contributed by atoms with Crippen LogP contribution >= 0.6 is 0 Å². The summed E-state index contributed by atoms with van der Waals surface area (Å²) in [5.41, 5.74) is 6.40. The van der Waals surface area contributed by atoms with Crippen molar-refractivity contribution < 1.29 is 4.74 Å². The summed E-state index contributed by atoms with van der Waals surface area (Å²) in [6.07, 6.45) is 3.55. The monoisotopic (exact) mass is 189 g/mol. The van der Waals surface area contributed by atoms with E-state index in [1.54, 1.807) is 13.3 Å². The average molecular weight is 189 g/mol. The number of methoxy groups -OCH3 is 1. The van der Waals surface area contributed by atoms with Gasteiger partial charge in [0.25, 0.3) is 0 Å². The Bertz CT molecular complexity index is 446. The minimum Gasteiger partial charge on any atom is -0.496 e. The third kappa shape index (κ3) is 2.16. The lowest BCUT2D eigenvalue weighted by Gasteiger charge is -2.00. The van der Waals surface area contributed by atoms with Crippen LogP contribution in [-0.2, 0) is 0 Å². The molecular formula is C12H15NO. The van der Waals surface area contributed by atoms with E-state index in [0.29, 0.717) is 0 Å². The van der Waals surface area contributed by atoms with E-state index in [0.717, 1.165) is 21.8 Å². The van der Waals surface area contributed by atoms with Gasteiger partial charge in [-0.15, -0.1) is 0 Å². The van der Waals surface area contributed by atoms with E-state index in [4.69, 9.17) is 10.5 Å². The van der Waals surface area contributed by atoms with Crippen LogP contribution < -0.4 is 20.9 Å². The van der Waals surface area contributed by atoms with Crippen molar-refractivity contribution in [1.82, 2.24) is 0 Å². The molecule has 0 saturated carbocycles. The Hall–Kier alpha value is -1.70. The van der Waals surface area contributed by atoms with Crippen LogP contribution in [0.25, 0.3) is 12.7 Å². The molecular weight excluding hydrogens is 174 g/mol. The summed E-state index contributed by atoms with van der Waals surface area (Å²) in [5.74, 6) is 0.795. The highest BCUT2D eigenvalue weighted by atomic mass is 16.5. The maximum absolute atomic E-state index is 5.40. The predicted octanol–water partition coefficient (Wildman–Crippen LogP) is 0.749. The molecule has 14 heavy (non-hydrogen) atoms. The number of benzene rings is 1. The van der Waals surface area contributed by atoms with Gasteiger partial charge in [-0.3, -0.25) is 0 Å². The van der Waals surface area contributed by atoms with Crippen molar-refractivity contribution in [2.24, 2.45) is 5.73 Å². The Labute approximate surface area is 84.0 Å². The Morgan fingerprint density at radius 3 is 2.79 bits per heavy atom. The number of hydrogen-bond acceptors (Lipinski definition) is 2. The Balaban J connectivity index is 3.37. The Morgan fingerprint density at radius 2 is 2.21 bits per heavy atom. The van der Waals surface area contributed by atoms with E-state index in [1.165, 1.54) is 0 Å². The summed E-state index contributed by atoms with van der Waals surface area (Å²) in [6.45, 7) is 5.90. The first-order chi connectivity index (χ1) is 6.69. The van der Waals surface area contributed by atoms with Crippen molar-refractivity contribution in [3.63, 3.8) is 0 Å². The molecule has 0 radical (unpaired) electrons. The lowest BCUT2D eigenvalue weighted by atomic mass is 10.2. The third-order valence-electron chi connectivity index (χ3n) is 2.04. The molecule has 0 saturated heterocycles. The van der Waals surface area contributed by atoms with Crippen molar-refractivity contribution in [1.29, 1.82) is 0 Å². The van der Waals surface area contributed by atoms with E-state index < -0.39 is 0 Å². The molecule has 1 rings (SSSR count). The van der Waals surface area contributed by atoms with Gasteiger partial charge in [0.05, 0.1) is 7.11 Å². The molecule has 0 spiro atoms. The SMILES string of the molecule is C=c1c(OC)ccc/c1=C/C(C)=C\N. The molecule has 0 amide bonds. The predicted molar refractivity (Wildman–Crippen MR) is 60.2 cm³/mol. The highest BCUT2D eigenvalue weighted by Crippen LogP contribution is 1.97. The molecule has 2 nitrogen and oxygen atoms in total. The van der Waals surface area contributed by atoms with E-state index in [-0.39, 0.29) is 0 Å². The van der Waals surface area contributed by atoms with Crippen LogP contribution in [-0.4, -0.2) is 7.11 Å². The summed E-state index contributed by atoms with van der Waals surface area (Å²) >= 11 is 0. The van der Waals surface area contributed by atoms with Crippen LogP contribution in [0, 0.1) is 0 Å². The first-order valence-corrected chi connectivity index (χ1v) is 4.41. The van der Waals surface area contributed by atoms with E-state index in [1.807, 2.05) is 31.2 Å². The lowest BCUT2D eigenvalue weighted by molar-refractivity contribution is 0.411. The quantitative estimate of drug-likeness (QED) is 0.745.